The van der Waals surface area contributed by atoms with Crippen LogP contribution >= 0.6 is 0 Å². The maximum Gasteiger partial charge on any atom is 0.339 e. The van der Waals surface area contributed by atoms with E-state index < -0.39 is 11.9 Å². The normalized spacial score (nSPS) is 13.4. The highest BCUT2D eigenvalue weighted by molar-refractivity contribution is 5.92. The van der Waals surface area contributed by atoms with E-state index >= 15 is 0 Å². The number of carbonyl (C=O) groups excluding carboxylic acids is 3. The fourth-order valence-corrected chi connectivity index (χ4v) is 1.50. The highest BCUT2D eigenvalue weighted by Crippen LogP contribution is 2.00. The standard InChI is InChI=1S/C9H16O4.C7H10N2O3/c1-4-12-7-8(6-11-3)9(10)13-5-2;1-2-12-6(10)5-3-8-7(11)9-4-5/h6H,4-5,7H2,1-3H3;3H,2,4H2,1H3,(H2,8,9,11). The second-order valence-electron chi connectivity index (χ2n) is 4.45. The Hall–Kier alpha value is -2.55. The second kappa shape index (κ2) is 13.8. The Morgan fingerprint density at radius 1 is 1.16 bits per heavy atom. The summed E-state index contributed by atoms with van der Waals surface area (Å²) in [5.41, 5.74) is 0.822. The zero-order valence-corrected chi connectivity index (χ0v) is 15.0. The number of methoxy groups -OCH3 is 1. The minimum atomic E-state index is -0.398. The first kappa shape index (κ1) is 22.4. The van der Waals surface area contributed by atoms with Crippen LogP contribution in [0.1, 0.15) is 20.8 Å². The zero-order valence-electron chi connectivity index (χ0n) is 15.0. The monoisotopic (exact) mass is 358 g/mol. The first-order valence-electron chi connectivity index (χ1n) is 7.87. The third-order valence-electron chi connectivity index (χ3n) is 2.61. The van der Waals surface area contributed by atoms with Gasteiger partial charge in [-0.25, -0.2) is 14.4 Å². The van der Waals surface area contributed by atoms with Crippen LogP contribution in [0.4, 0.5) is 4.79 Å². The Morgan fingerprint density at radius 3 is 2.32 bits per heavy atom. The molecule has 0 bridgehead atoms. The summed E-state index contributed by atoms with van der Waals surface area (Å²) >= 11 is 0. The molecule has 2 amide bonds. The lowest BCUT2D eigenvalue weighted by Crippen LogP contribution is -2.40. The van der Waals surface area contributed by atoms with Gasteiger partial charge in [0.25, 0.3) is 0 Å². The third kappa shape index (κ3) is 10.0. The van der Waals surface area contributed by atoms with Crippen LogP contribution in [0, 0.1) is 0 Å². The lowest BCUT2D eigenvalue weighted by molar-refractivity contribution is -0.140. The number of urea groups is 1. The van der Waals surface area contributed by atoms with E-state index in [2.05, 4.69) is 10.6 Å². The van der Waals surface area contributed by atoms with Crippen molar-refractivity contribution in [2.45, 2.75) is 20.8 Å². The molecule has 1 rings (SSSR count). The number of hydrogen-bond acceptors (Lipinski definition) is 7. The molecule has 0 atom stereocenters. The van der Waals surface area contributed by atoms with Crippen LogP contribution in [0.3, 0.4) is 0 Å². The Bertz CT molecular complexity index is 501. The first-order chi connectivity index (χ1) is 12.0. The van der Waals surface area contributed by atoms with Gasteiger partial charge in [-0.1, -0.05) is 0 Å². The molecule has 2 N–H and O–H groups in total. The molecule has 1 aliphatic heterocycles. The van der Waals surface area contributed by atoms with Crippen molar-refractivity contribution in [1.29, 1.82) is 0 Å². The average molecular weight is 358 g/mol. The summed E-state index contributed by atoms with van der Waals surface area (Å²) in [5, 5.41) is 4.81. The van der Waals surface area contributed by atoms with Crippen LogP contribution < -0.4 is 10.6 Å². The molecule has 0 aromatic heterocycles. The van der Waals surface area contributed by atoms with E-state index in [9.17, 15) is 14.4 Å². The van der Waals surface area contributed by atoms with Gasteiger partial charge in [0.2, 0.25) is 0 Å². The molecule has 9 heteroatoms. The lowest BCUT2D eigenvalue weighted by atomic mass is 10.2. The molecule has 0 radical (unpaired) electrons. The number of amides is 2. The number of hydrogen-bond donors (Lipinski definition) is 2. The van der Waals surface area contributed by atoms with Gasteiger partial charge in [-0.2, -0.15) is 0 Å². The molecule has 0 aromatic carbocycles. The SMILES string of the molecule is CCOC(=O)C1=CNC(=O)NC1.CCOCC(=COC)C(=O)OCC. The Balaban J connectivity index is 0.000000462. The molecule has 0 unspecified atom stereocenters. The van der Waals surface area contributed by atoms with Gasteiger partial charge >= 0.3 is 18.0 Å². The van der Waals surface area contributed by atoms with Gasteiger partial charge in [0.05, 0.1) is 50.9 Å². The highest BCUT2D eigenvalue weighted by atomic mass is 16.5. The van der Waals surface area contributed by atoms with Gasteiger partial charge in [-0.15, -0.1) is 0 Å². The summed E-state index contributed by atoms with van der Waals surface area (Å²) < 4.78 is 19.3. The van der Waals surface area contributed by atoms with E-state index in [1.54, 1.807) is 13.8 Å². The number of esters is 2. The lowest BCUT2D eigenvalue weighted by Gasteiger charge is -2.13. The Labute approximate surface area is 147 Å². The van der Waals surface area contributed by atoms with Crippen molar-refractivity contribution < 1.29 is 33.3 Å². The van der Waals surface area contributed by atoms with E-state index in [-0.39, 0.29) is 19.2 Å². The van der Waals surface area contributed by atoms with Gasteiger partial charge in [-0.3, -0.25) is 0 Å². The van der Waals surface area contributed by atoms with Crippen molar-refractivity contribution in [1.82, 2.24) is 10.6 Å². The van der Waals surface area contributed by atoms with Gasteiger partial charge in [0.1, 0.15) is 0 Å². The largest absolute Gasteiger partial charge is 0.504 e. The fraction of sp³-hybridized carbons (Fsp3) is 0.562. The Morgan fingerprint density at radius 2 is 1.84 bits per heavy atom. The van der Waals surface area contributed by atoms with Crippen LogP contribution in [-0.4, -0.2) is 58.1 Å². The molecule has 142 valence electrons. The number of rotatable bonds is 8. The first-order valence-corrected chi connectivity index (χ1v) is 7.87. The van der Waals surface area contributed by atoms with Crippen LogP contribution in [0.15, 0.2) is 23.6 Å². The molecule has 0 aromatic rings. The van der Waals surface area contributed by atoms with Crippen LogP contribution in [-0.2, 0) is 28.5 Å². The smallest absolute Gasteiger partial charge is 0.339 e. The maximum atomic E-state index is 11.2. The summed E-state index contributed by atoms with van der Waals surface area (Å²) in [7, 11) is 1.48. The van der Waals surface area contributed by atoms with E-state index in [1.807, 2.05) is 6.92 Å². The number of carbonyl (C=O) groups is 3. The zero-order chi connectivity index (χ0) is 19.1. The van der Waals surface area contributed by atoms with E-state index in [0.717, 1.165) is 0 Å². The predicted molar refractivity (Wildman–Crippen MR) is 89.5 cm³/mol. The predicted octanol–water partition coefficient (Wildman–Crippen LogP) is 0.863. The molecule has 25 heavy (non-hydrogen) atoms. The molecule has 0 saturated heterocycles. The number of nitrogens with one attached hydrogen (secondary N) is 2. The minimum Gasteiger partial charge on any atom is -0.504 e. The molecule has 0 saturated carbocycles. The summed E-state index contributed by atoms with van der Waals surface area (Å²) in [6.45, 7) is 7.04. The van der Waals surface area contributed by atoms with Crippen LogP contribution in [0.25, 0.3) is 0 Å². The van der Waals surface area contributed by atoms with Crippen molar-refractivity contribution >= 4 is 18.0 Å². The second-order valence-corrected chi connectivity index (χ2v) is 4.45. The summed E-state index contributed by atoms with van der Waals surface area (Å²) in [6.07, 6.45) is 2.70. The fourth-order valence-electron chi connectivity index (χ4n) is 1.50. The molecular weight excluding hydrogens is 332 g/mol. The molecular formula is C16H26N2O7. The van der Waals surface area contributed by atoms with Crippen molar-refractivity contribution in [3.05, 3.63) is 23.6 Å². The summed E-state index contributed by atoms with van der Waals surface area (Å²) in [6, 6.07) is -0.303. The quantitative estimate of drug-likeness (QED) is 0.376. The van der Waals surface area contributed by atoms with Gasteiger partial charge in [0.15, 0.2) is 0 Å². The highest BCUT2D eigenvalue weighted by Gasteiger charge is 2.15. The van der Waals surface area contributed by atoms with Gasteiger partial charge < -0.3 is 29.6 Å². The number of ether oxygens (including phenoxy) is 4. The van der Waals surface area contributed by atoms with Crippen molar-refractivity contribution in [3.63, 3.8) is 0 Å². The van der Waals surface area contributed by atoms with Crippen LogP contribution in [0.5, 0.6) is 0 Å². The van der Waals surface area contributed by atoms with Gasteiger partial charge in [0, 0.05) is 12.8 Å². The molecule has 1 aliphatic rings. The van der Waals surface area contributed by atoms with E-state index in [4.69, 9.17) is 18.9 Å². The van der Waals surface area contributed by atoms with Gasteiger partial charge in [-0.05, 0) is 20.8 Å². The van der Waals surface area contributed by atoms with Crippen molar-refractivity contribution in [2.24, 2.45) is 0 Å². The van der Waals surface area contributed by atoms with E-state index in [1.165, 1.54) is 19.6 Å². The van der Waals surface area contributed by atoms with E-state index in [0.29, 0.717) is 31.0 Å². The maximum absolute atomic E-state index is 11.2. The minimum absolute atomic E-state index is 0.225. The summed E-state index contributed by atoms with van der Waals surface area (Å²) in [4.78, 5) is 32.8. The molecule has 0 aliphatic carbocycles. The molecule has 1 heterocycles. The molecule has 9 nitrogen and oxygen atoms in total. The third-order valence-corrected chi connectivity index (χ3v) is 2.61. The molecule has 0 fully saturated rings. The summed E-state index contributed by atoms with van der Waals surface area (Å²) in [5.74, 6) is -0.789. The average Bonchev–Trinajstić information content (AvgIpc) is 2.60. The van der Waals surface area contributed by atoms with Crippen molar-refractivity contribution in [3.8, 4) is 0 Å². The topological polar surface area (TPSA) is 112 Å². The molecule has 0 spiro atoms. The van der Waals surface area contributed by atoms with Crippen LogP contribution in [0.2, 0.25) is 0 Å². The van der Waals surface area contributed by atoms with Crippen molar-refractivity contribution in [2.75, 3.05) is 40.1 Å². The Kier molecular flexibility index (Phi) is 12.4.